The van der Waals surface area contributed by atoms with E-state index in [2.05, 4.69) is 0 Å². The normalized spacial score (nSPS) is 30.1. The molecule has 164 valence electrons. The summed E-state index contributed by atoms with van der Waals surface area (Å²) in [5.41, 5.74) is 0. The Hall–Kier alpha value is -2.20. The Kier molecular flexibility index (Phi) is 8.39. The largest absolute Gasteiger partial charge is 0.467 e. The fourth-order valence-corrected chi connectivity index (χ4v) is 3.58. The molecular weight excluding hydrogens is 388 g/mol. The lowest BCUT2D eigenvalue weighted by atomic mass is 9.96. The summed E-state index contributed by atoms with van der Waals surface area (Å²) in [6, 6.07) is 0. The second-order valence-corrected chi connectivity index (χ2v) is 7.07. The number of carbonyl (C=O) groups excluding carboxylic acids is 4. The van der Waals surface area contributed by atoms with Crippen molar-refractivity contribution in [3.8, 4) is 0 Å². The van der Waals surface area contributed by atoms with E-state index in [-0.39, 0.29) is 6.10 Å². The summed E-state index contributed by atoms with van der Waals surface area (Å²) >= 11 is 0. The van der Waals surface area contributed by atoms with Gasteiger partial charge in [-0.2, -0.15) is 0 Å². The molecule has 0 N–H and O–H groups in total. The van der Waals surface area contributed by atoms with E-state index in [0.29, 0.717) is 0 Å². The second-order valence-electron chi connectivity index (χ2n) is 7.07. The fourth-order valence-electron chi connectivity index (χ4n) is 3.58. The van der Waals surface area contributed by atoms with Gasteiger partial charge in [0.15, 0.2) is 30.7 Å². The third-order valence-electron chi connectivity index (χ3n) is 4.71. The maximum Gasteiger partial charge on any atom is 0.339 e. The van der Waals surface area contributed by atoms with Crippen molar-refractivity contribution in [1.82, 2.24) is 0 Å². The number of rotatable bonds is 6. The predicted octanol–water partition coefficient (Wildman–Crippen LogP) is 1.03. The summed E-state index contributed by atoms with van der Waals surface area (Å²) in [7, 11) is 1.15. The molecule has 1 saturated carbocycles. The lowest BCUT2D eigenvalue weighted by Gasteiger charge is -2.44. The highest BCUT2D eigenvalue weighted by atomic mass is 16.7. The van der Waals surface area contributed by atoms with Crippen molar-refractivity contribution in [2.45, 2.75) is 89.7 Å². The highest BCUT2D eigenvalue weighted by molar-refractivity contribution is 5.77. The number of ether oxygens (including phenoxy) is 6. The van der Waals surface area contributed by atoms with Gasteiger partial charge in [0.25, 0.3) is 0 Å². The molecule has 29 heavy (non-hydrogen) atoms. The first-order chi connectivity index (χ1) is 13.7. The van der Waals surface area contributed by atoms with Crippen LogP contribution in [0.15, 0.2) is 0 Å². The van der Waals surface area contributed by atoms with Gasteiger partial charge in [-0.3, -0.25) is 14.4 Å². The summed E-state index contributed by atoms with van der Waals surface area (Å²) in [6.45, 7) is 3.45. The lowest BCUT2D eigenvalue weighted by molar-refractivity contribution is -0.311. The Bertz CT molecular complexity index is 612. The van der Waals surface area contributed by atoms with E-state index in [1.54, 1.807) is 0 Å². The van der Waals surface area contributed by atoms with Gasteiger partial charge in [-0.05, 0) is 12.8 Å². The van der Waals surface area contributed by atoms with Crippen LogP contribution in [0.3, 0.4) is 0 Å². The molecule has 0 aromatic heterocycles. The van der Waals surface area contributed by atoms with Gasteiger partial charge in [-0.25, -0.2) is 4.79 Å². The van der Waals surface area contributed by atoms with Gasteiger partial charge in [-0.1, -0.05) is 19.3 Å². The molecule has 0 unspecified atom stereocenters. The van der Waals surface area contributed by atoms with E-state index in [1.807, 2.05) is 0 Å². The molecule has 10 heteroatoms. The molecule has 2 aliphatic rings. The van der Waals surface area contributed by atoms with Crippen molar-refractivity contribution in [2.24, 2.45) is 0 Å². The molecule has 0 radical (unpaired) electrons. The van der Waals surface area contributed by atoms with Crippen LogP contribution in [-0.4, -0.2) is 67.8 Å². The minimum Gasteiger partial charge on any atom is -0.467 e. The summed E-state index contributed by atoms with van der Waals surface area (Å²) in [4.78, 5) is 47.4. The van der Waals surface area contributed by atoms with E-state index in [1.165, 1.54) is 6.92 Å². The SMILES string of the molecule is COC(=O)[C@H]1O[C@H](OC2CCCCC2)[C@H](OC(C)=O)[C@@H](OC(C)=O)[C@@H]1OC(C)=O. The fraction of sp³-hybridized carbons (Fsp3) is 0.789. The van der Waals surface area contributed by atoms with Crippen molar-refractivity contribution in [1.29, 1.82) is 0 Å². The number of hydrogen-bond donors (Lipinski definition) is 0. The molecular formula is C19H28O10. The molecule has 1 aliphatic heterocycles. The smallest absolute Gasteiger partial charge is 0.339 e. The zero-order valence-corrected chi connectivity index (χ0v) is 17.1. The maximum atomic E-state index is 12.3. The Morgan fingerprint density at radius 3 is 1.79 bits per heavy atom. The summed E-state index contributed by atoms with van der Waals surface area (Å²) < 4.78 is 32.3. The van der Waals surface area contributed by atoms with E-state index < -0.39 is 54.6 Å². The van der Waals surface area contributed by atoms with Crippen molar-refractivity contribution >= 4 is 23.9 Å². The zero-order valence-electron chi connectivity index (χ0n) is 17.1. The molecule has 1 heterocycles. The van der Waals surface area contributed by atoms with Crippen LogP contribution in [0.4, 0.5) is 0 Å². The predicted molar refractivity (Wildman–Crippen MR) is 95.3 cm³/mol. The van der Waals surface area contributed by atoms with E-state index in [9.17, 15) is 19.2 Å². The van der Waals surface area contributed by atoms with Crippen LogP contribution in [0.1, 0.15) is 52.9 Å². The molecule has 0 aromatic carbocycles. The van der Waals surface area contributed by atoms with Crippen molar-refractivity contribution in [3.05, 3.63) is 0 Å². The van der Waals surface area contributed by atoms with Crippen LogP contribution < -0.4 is 0 Å². The number of esters is 4. The minimum atomic E-state index is -1.42. The molecule has 1 aliphatic carbocycles. The molecule has 10 nitrogen and oxygen atoms in total. The highest BCUT2D eigenvalue weighted by Gasteiger charge is 2.55. The highest BCUT2D eigenvalue weighted by Crippen LogP contribution is 2.32. The molecule has 0 amide bonds. The van der Waals surface area contributed by atoms with E-state index >= 15 is 0 Å². The lowest BCUT2D eigenvalue weighted by Crippen LogP contribution is -2.64. The van der Waals surface area contributed by atoms with Gasteiger partial charge < -0.3 is 28.4 Å². The van der Waals surface area contributed by atoms with Crippen LogP contribution in [0.2, 0.25) is 0 Å². The van der Waals surface area contributed by atoms with Gasteiger partial charge >= 0.3 is 23.9 Å². The average molecular weight is 416 g/mol. The summed E-state index contributed by atoms with van der Waals surface area (Å²) in [5.74, 6) is -2.97. The number of hydrogen-bond acceptors (Lipinski definition) is 10. The van der Waals surface area contributed by atoms with Gasteiger partial charge in [0, 0.05) is 20.8 Å². The van der Waals surface area contributed by atoms with Crippen LogP contribution in [0, 0.1) is 0 Å². The Morgan fingerprint density at radius 2 is 1.28 bits per heavy atom. The Labute approximate surface area is 169 Å². The van der Waals surface area contributed by atoms with Crippen LogP contribution in [0.25, 0.3) is 0 Å². The Balaban J connectivity index is 2.38. The Morgan fingerprint density at radius 1 is 0.759 bits per heavy atom. The van der Waals surface area contributed by atoms with Crippen LogP contribution in [0.5, 0.6) is 0 Å². The monoisotopic (exact) mass is 416 g/mol. The van der Waals surface area contributed by atoms with Crippen molar-refractivity contribution < 1.29 is 47.6 Å². The molecule has 0 aromatic rings. The first-order valence-electron chi connectivity index (χ1n) is 9.63. The summed E-state index contributed by atoms with van der Waals surface area (Å²) in [5, 5.41) is 0. The van der Waals surface area contributed by atoms with Gasteiger partial charge in [0.1, 0.15) is 0 Å². The number of carbonyl (C=O) groups is 4. The van der Waals surface area contributed by atoms with Crippen molar-refractivity contribution in [2.75, 3.05) is 7.11 Å². The van der Waals surface area contributed by atoms with Gasteiger partial charge in [0.05, 0.1) is 13.2 Å². The first-order valence-corrected chi connectivity index (χ1v) is 9.63. The maximum absolute atomic E-state index is 12.3. The quantitative estimate of drug-likeness (QED) is 0.458. The third-order valence-corrected chi connectivity index (χ3v) is 4.71. The van der Waals surface area contributed by atoms with Gasteiger partial charge in [0.2, 0.25) is 0 Å². The summed E-state index contributed by atoms with van der Waals surface area (Å²) in [6.07, 6.45) is -2.13. The first kappa shape index (κ1) is 23.1. The average Bonchev–Trinajstić information content (AvgIpc) is 2.65. The molecule has 2 fully saturated rings. The second kappa shape index (κ2) is 10.5. The minimum absolute atomic E-state index is 0.173. The standard InChI is InChI=1S/C19H28O10/c1-10(20)25-14-15(26-11(2)21)17(27-12(3)22)19(29-16(14)18(23)24-4)28-13-8-6-5-7-9-13/h13-17,19H,5-9H2,1-4H3/t14-,15-,16-,17+,19-/m0/s1. The third kappa shape index (κ3) is 6.40. The van der Waals surface area contributed by atoms with Crippen molar-refractivity contribution in [3.63, 3.8) is 0 Å². The van der Waals surface area contributed by atoms with Crippen LogP contribution >= 0.6 is 0 Å². The molecule has 0 bridgehead atoms. The van der Waals surface area contributed by atoms with Crippen LogP contribution in [-0.2, 0) is 47.6 Å². The zero-order chi connectivity index (χ0) is 21.6. The topological polar surface area (TPSA) is 124 Å². The van der Waals surface area contributed by atoms with E-state index in [4.69, 9.17) is 28.4 Å². The molecule has 5 atom stereocenters. The molecule has 2 rings (SSSR count). The molecule has 1 saturated heterocycles. The van der Waals surface area contributed by atoms with E-state index in [0.717, 1.165) is 53.1 Å². The van der Waals surface area contributed by atoms with Gasteiger partial charge in [-0.15, -0.1) is 0 Å². The number of methoxy groups -OCH3 is 1. The molecule has 0 spiro atoms.